The van der Waals surface area contributed by atoms with Gasteiger partial charge in [0.05, 0.1) is 17.4 Å². The maximum Gasteiger partial charge on any atom is 0.407 e. The molecule has 132 valence electrons. The normalized spacial score (nSPS) is 14.6. The number of amides is 1. The number of carboxylic acid groups (broad SMARTS) is 1. The van der Waals surface area contributed by atoms with E-state index in [1.54, 1.807) is 12.4 Å². The van der Waals surface area contributed by atoms with Crippen molar-refractivity contribution < 1.29 is 9.90 Å². The van der Waals surface area contributed by atoms with Crippen molar-refractivity contribution in [3.8, 4) is 11.3 Å². The van der Waals surface area contributed by atoms with Crippen LogP contribution in [0.5, 0.6) is 0 Å². The molecule has 26 heavy (non-hydrogen) atoms. The van der Waals surface area contributed by atoms with Gasteiger partial charge in [-0.1, -0.05) is 18.2 Å². The van der Waals surface area contributed by atoms with Gasteiger partial charge in [0.25, 0.3) is 0 Å². The van der Waals surface area contributed by atoms with Crippen molar-refractivity contribution in [2.45, 2.75) is 0 Å². The molecular formula is C18H18N6O2. The number of hydrogen-bond donors (Lipinski definition) is 2. The lowest BCUT2D eigenvalue weighted by atomic mass is 10.1. The van der Waals surface area contributed by atoms with Crippen molar-refractivity contribution in [1.82, 2.24) is 19.9 Å². The second-order valence-electron chi connectivity index (χ2n) is 6.15. The molecule has 8 heteroatoms. The second-order valence-corrected chi connectivity index (χ2v) is 6.15. The third-order valence-electron chi connectivity index (χ3n) is 4.50. The lowest BCUT2D eigenvalue weighted by Crippen LogP contribution is -2.48. The van der Waals surface area contributed by atoms with Gasteiger partial charge in [0.1, 0.15) is 5.69 Å². The second kappa shape index (κ2) is 6.47. The highest BCUT2D eigenvalue weighted by Gasteiger charge is 2.22. The predicted molar refractivity (Wildman–Crippen MR) is 99.0 cm³/mol. The van der Waals surface area contributed by atoms with E-state index in [4.69, 9.17) is 10.8 Å². The van der Waals surface area contributed by atoms with E-state index < -0.39 is 6.09 Å². The average Bonchev–Trinajstić information content (AvgIpc) is 2.68. The summed E-state index contributed by atoms with van der Waals surface area (Å²) in [5.41, 5.74) is 8.95. The maximum absolute atomic E-state index is 11.0. The lowest BCUT2D eigenvalue weighted by Gasteiger charge is -2.33. The van der Waals surface area contributed by atoms with Crippen LogP contribution in [-0.2, 0) is 0 Å². The Morgan fingerprint density at radius 3 is 2.62 bits per heavy atom. The zero-order valence-corrected chi connectivity index (χ0v) is 14.0. The van der Waals surface area contributed by atoms with Crippen molar-refractivity contribution in [3.05, 3.63) is 42.7 Å². The van der Waals surface area contributed by atoms with Gasteiger partial charge in [-0.05, 0) is 12.1 Å². The molecule has 1 fully saturated rings. The molecule has 3 heterocycles. The zero-order chi connectivity index (χ0) is 18.1. The van der Waals surface area contributed by atoms with Crippen LogP contribution < -0.4 is 10.6 Å². The highest BCUT2D eigenvalue weighted by atomic mass is 16.4. The third-order valence-corrected chi connectivity index (χ3v) is 4.50. The molecule has 0 aliphatic carbocycles. The largest absolute Gasteiger partial charge is 0.465 e. The van der Waals surface area contributed by atoms with Crippen LogP contribution in [-0.4, -0.2) is 57.2 Å². The summed E-state index contributed by atoms with van der Waals surface area (Å²) < 4.78 is 0. The SMILES string of the molecule is Nc1cnc(N2CCN(C(=O)O)CC2)nc1-c1cnc2ccccc2c1. The number of hydrogen-bond acceptors (Lipinski definition) is 6. The van der Waals surface area contributed by atoms with Crippen molar-refractivity contribution in [3.63, 3.8) is 0 Å². The van der Waals surface area contributed by atoms with E-state index in [9.17, 15) is 4.79 Å². The summed E-state index contributed by atoms with van der Waals surface area (Å²) in [4.78, 5) is 27.8. The van der Waals surface area contributed by atoms with E-state index >= 15 is 0 Å². The average molecular weight is 350 g/mol. The number of piperazine rings is 1. The number of pyridine rings is 1. The van der Waals surface area contributed by atoms with Gasteiger partial charge in [0.2, 0.25) is 5.95 Å². The Balaban J connectivity index is 1.65. The first-order valence-corrected chi connectivity index (χ1v) is 8.32. The molecule has 2 aromatic heterocycles. The first kappa shape index (κ1) is 16.1. The summed E-state index contributed by atoms with van der Waals surface area (Å²) in [7, 11) is 0. The first-order chi connectivity index (χ1) is 12.6. The Kier molecular flexibility index (Phi) is 4.00. The maximum atomic E-state index is 11.0. The zero-order valence-electron chi connectivity index (χ0n) is 14.0. The number of nitrogen functional groups attached to an aromatic ring is 1. The molecule has 0 atom stereocenters. The molecule has 1 aliphatic heterocycles. The van der Waals surface area contributed by atoms with E-state index in [0.717, 1.165) is 16.5 Å². The lowest BCUT2D eigenvalue weighted by molar-refractivity contribution is 0.142. The fraction of sp³-hybridized carbons (Fsp3) is 0.222. The molecule has 3 aromatic rings. The molecule has 8 nitrogen and oxygen atoms in total. The molecular weight excluding hydrogens is 332 g/mol. The standard InChI is InChI=1S/C18H18N6O2/c19-14-11-21-17(23-5-7-24(8-6-23)18(25)26)22-16(14)13-9-12-3-1-2-4-15(12)20-10-13/h1-4,9-11H,5-8,19H2,(H,25,26). The molecule has 1 amide bonds. The van der Waals surface area contributed by atoms with Crippen LogP contribution in [0.2, 0.25) is 0 Å². The minimum absolute atomic E-state index is 0.427. The van der Waals surface area contributed by atoms with E-state index in [2.05, 4.69) is 15.0 Å². The first-order valence-electron chi connectivity index (χ1n) is 8.32. The minimum atomic E-state index is -0.897. The van der Waals surface area contributed by atoms with Crippen molar-refractivity contribution in [1.29, 1.82) is 0 Å². The van der Waals surface area contributed by atoms with Crippen LogP contribution in [0.3, 0.4) is 0 Å². The number of para-hydroxylation sites is 1. The van der Waals surface area contributed by atoms with Crippen LogP contribution in [0.4, 0.5) is 16.4 Å². The van der Waals surface area contributed by atoms with Crippen LogP contribution >= 0.6 is 0 Å². The quantitative estimate of drug-likeness (QED) is 0.728. The summed E-state index contributed by atoms with van der Waals surface area (Å²) in [5.74, 6) is 0.549. The van der Waals surface area contributed by atoms with Gasteiger partial charge in [-0.2, -0.15) is 0 Å². The molecule has 0 radical (unpaired) electrons. The smallest absolute Gasteiger partial charge is 0.407 e. The topological polar surface area (TPSA) is 108 Å². The molecule has 0 spiro atoms. The van der Waals surface area contributed by atoms with Crippen LogP contribution in [0, 0.1) is 0 Å². The van der Waals surface area contributed by atoms with Gasteiger partial charge in [0, 0.05) is 43.3 Å². The Morgan fingerprint density at radius 1 is 1.08 bits per heavy atom. The van der Waals surface area contributed by atoms with E-state index in [1.165, 1.54) is 4.90 Å². The molecule has 0 unspecified atom stereocenters. The number of fused-ring (bicyclic) bond motifs is 1. The number of anilines is 2. The summed E-state index contributed by atoms with van der Waals surface area (Å²) >= 11 is 0. The van der Waals surface area contributed by atoms with Crippen molar-refractivity contribution in [2.75, 3.05) is 36.8 Å². The summed E-state index contributed by atoms with van der Waals surface area (Å²) in [5, 5.41) is 10.1. The van der Waals surface area contributed by atoms with Gasteiger partial charge in [-0.3, -0.25) is 4.98 Å². The van der Waals surface area contributed by atoms with Gasteiger partial charge >= 0.3 is 6.09 Å². The Bertz CT molecular complexity index is 969. The fourth-order valence-electron chi connectivity index (χ4n) is 3.06. The number of rotatable bonds is 2. The fourth-order valence-corrected chi connectivity index (χ4v) is 3.06. The summed E-state index contributed by atoms with van der Waals surface area (Å²) in [6, 6.07) is 9.87. The van der Waals surface area contributed by atoms with Gasteiger partial charge in [0.15, 0.2) is 0 Å². The summed E-state index contributed by atoms with van der Waals surface area (Å²) in [6.07, 6.45) is 2.45. The number of benzene rings is 1. The molecule has 0 bridgehead atoms. The summed E-state index contributed by atoms with van der Waals surface area (Å²) in [6.45, 7) is 1.95. The Labute approximate surface area is 149 Å². The highest BCUT2D eigenvalue weighted by molar-refractivity contribution is 5.85. The van der Waals surface area contributed by atoms with Crippen LogP contribution in [0.25, 0.3) is 22.2 Å². The number of nitrogens with zero attached hydrogens (tertiary/aromatic N) is 5. The number of nitrogens with two attached hydrogens (primary N) is 1. The van der Waals surface area contributed by atoms with E-state index in [0.29, 0.717) is 43.5 Å². The van der Waals surface area contributed by atoms with Crippen LogP contribution in [0.1, 0.15) is 0 Å². The number of aromatic nitrogens is 3. The molecule has 1 aromatic carbocycles. The Hall–Kier alpha value is -3.42. The molecule has 4 rings (SSSR count). The molecule has 1 aliphatic rings. The Morgan fingerprint density at radius 2 is 1.85 bits per heavy atom. The van der Waals surface area contributed by atoms with Crippen molar-refractivity contribution in [2.24, 2.45) is 0 Å². The number of carbonyl (C=O) groups is 1. The van der Waals surface area contributed by atoms with Crippen molar-refractivity contribution >= 4 is 28.6 Å². The monoisotopic (exact) mass is 350 g/mol. The van der Waals surface area contributed by atoms with Gasteiger partial charge < -0.3 is 20.6 Å². The molecule has 0 saturated carbocycles. The predicted octanol–water partition coefficient (Wildman–Crippen LogP) is 2.07. The van der Waals surface area contributed by atoms with Crippen LogP contribution in [0.15, 0.2) is 42.7 Å². The minimum Gasteiger partial charge on any atom is -0.465 e. The van der Waals surface area contributed by atoms with Gasteiger partial charge in [-0.25, -0.2) is 14.8 Å². The molecule has 3 N–H and O–H groups in total. The third kappa shape index (κ3) is 2.97. The van der Waals surface area contributed by atoms with E-state index in [1.807, 2.05) is 35.2 Å². The molecule has 1 saturated heterocycles. The van der Waals surface area contributed by atoms with Gasteiger partial charge in [-0.15, -0.1) is 0 Å². The van der Waals surface area contributed by atoms with E-state index in [-0.39, 0.29) is 0 Å². The highest BCUT2D eigenvalue weighted by Crippen LogP contribution is 2.27.